The van der Waals surface area contributed by atoms with E-state index in [9.17, 15) is 14.4 Å². The fourth-order valence-corrected chi connectivity index (χ4v) is 3.69. The molecule has 1 aliphatic carbocycles. The van der Waals surface area contributed by atoms with Crippen molar-refractivity contribution in [1.29, 1.82) is 0 Å². The fraction of sp³-hybridized carbons (Fsp3) is 0.476. The third kappa shape index (κ3) is 5.21. The number of nitrogens with zero attached hydrogens (tertiary/aromatic N) is 2. The minimum absolute atomic E-state index is 0.114. The van der Waals surface area contributed by atoms with Crippen LogP contribution in [0.5, 0.6) is 0 Å². The molecule has 0 unspecified atom stereocenters. The lowest BCUT2D eigenvalue weighted by atomic mass is 10.1. The van der Waals surface area contributed by atoms with Crippen molar-refractivity contribution in [2.45, 2.75) is 32.4 Å². The molecule has 2 aromatic rings. The van der Waals surface area contributed by atoms with Gasteiger partial charge >= 0.3 is 5.63 Å². The molecule has 8 heteroatoms. The second-order valence-corrected chi connectivity index (χ2v) is 7.88. The molecule has 1 aromatic heterocycles. The lowest BCUT2D eigenvalue weighted by Gasteiger charge is -2.34. The standard InChI is InChI=1S/C21H26N4O4/c1-14(26)22-17-4-5-18-15(10-21(28)29-19(18)11-17)12-24-6-8-25(9-7-24)13-20(27)23-16-2-3-16/h4-5,10-11,16H,2-3,6-9,12-13H2,1H3,(H,22,26)(H,23,27). The number of piperazine rings is 1. The number of anilines is 1. The Morgan fingerprint density at radius 3 is 2.52 bits per heavy atom. The molecule has 29 heavy (non-hydrogen) atoms. The second-order valence-electron chi connectivity index (χ2n) is 7.88. The third-order valence-electron chi connectivity index (χ3n) is 5.32. The summed E-state index contributed by atoms with van der Waals surface area (Å²) in [4.78, 5) is 39.7. The first-order chi connectivity index (χ1) is 14.0. The highest BCUT2D eigenvalue weighted by atomic mass is 16.4. The molecule has 0 spiro atoms. The van der Waals surface area contributed by atoms with Crippen LogP contribution in [0.25, 0.3) is 11.0 Å². The topological polar surface area (TPSA) is 94.9 Å². The van der Waals surface area contributed by atoms with Crippen LogP contribution in [0.2, 0.25) is 0 Å². The minimum Gasteiger partial charge on any atom is -0.423 e. The first-order valence-electron chi connectivity index (χ1n) is 10.0. The summed E-state index contributed by atoms with van der Waals surface area (Å²) in [6.45, 7) is 5.85. The maximum absolute atomic E-state index is 12.0. The first kappa shape index (κ1) is 19.6. The van der Waals surface area contributed by atoms with Gasteiger partial charge in [0.15, 0.2) is 0 Å². The molecule has 0 atom stereocenters. The van der Waals surface area contributed by atoms with Crippen molar-refractivity contribution in [3.63, 3.8) is 0 Å². The number of benzene rings is 1. The predicted molar refractivity (Wildman–Crippen MR) is 110 cm³/mol. The molecule has 8 nitrogen and oxygen atoms in total. The highest BCUT2D eigenvalue weighted by Crippen LogP contribution is 2.23. The van der Waals surface area contributed by atoms with Gasteiger partial charge in [-0.2, -0.15) is 0 Å². The zero-order valence-electron chi connectivity index (χ0n) is 16.6. The smallest absolute Gasteiger partial charge is 0.336 e. The number of hydrogen-bond acceptors (Lipinski definition) is 6. The highest BCUT2D eigenvalue weighted by molar-refractivity contribution is 5.92. The van der Waals surface area contributed by atoms with Gasteiger partial charge in [-0.3, -0.25) is 19.4 Å². The number of rotatable bonds is 6. The molecule has 1 saturated carbocycles. The number of fused-ring (bicyclic) bond motifs is 1. The first-order valence-corrected chi connectivity index (χ1v) is 10.0. The Labute approximate surface area is 168 Å². The summed E-state index contributed by atoms with van der Waals surface area (Å²) in [7, 11) is 0. The van der Waals surface area contributed by atoms with Crippen LogP contribution in [0, 0.1) is 0 Å². The summed E-state index contributed by atoms with van der Waals surface area (Å²) < 4.78 is 5.33. The van der Waals surface area contributed by atoms with Crippen molar-refractivity contribution in [2.24, 2.45) is 0 Å². The number of carbonyl (C=O) groups excluding carboxylic acids is 2. The van der Waals surface area contributed by atoms with Crippen LogP contribution in [0.3, 0.4) is 0 Å². The van der Waals surface area contributed by atoms with Crippen LogP contribution in [-0.4, -0.2) is 60.4 Å². The van der Waals surface area contributed by atoms with E-state index in [4.69, 9.17) is 4.42 Å². The normalized spacial score (nSPS) is 18.0. The molecule has 2 N–H and O–H groups in total. The van der Waals surface area contributed by atoms with Gasteiger partial charge in [0.2, 0.25) is 11.8 Å². The summed E-state index contributed by atoms with van der Waals surface area (Å²) >= 11 is 0. The molecular formula is C21H26N4O4. The molecule has 4 rings (SSSR count). The van der Waals surface area contributed by atoms with E-state index in [1.165, 1.54) is 13.0 Å². The monoisotopic (exact) mass is 398 g/mol. The van der Waals surface area contributed by atoms with Gasteiger partial charge < -0.3 is 15.1 Å². The molecule has 154 valence electrons. The van der Waals surface area contributed by atoms with E-state index < -0.39 is 5.63 Å². The predicted octanol–water partition coefficient (Wildman–Crippen LogP) is 1.15. The molecule has 0 bridgehead atoms. The van der Waals surface area contributed by atoms with Crippen molar-refractivity contribution < 1.29 is 14.0 Å². The average molecular weight is 398 g/mol. The van der Waals surface area contributed by atoms with E-state index in [1.54, 1.807) is 6.07 Å². The van der Waals surface area contributed by atoms with Gasteiger partial charge in [-0.05, 0) is 30.5 Å². The van der Waals surface area contributed by atoms with Crippen LogP contribution >= 0.6 is 0 Å². The van der Waals surface area contributed by atoms with E-state index in [-0.39, 0.29) is 11.8 Å². The van der Waals surface area contributed by atoms with Crippen molar-refractivity contribution >= 4 is 28.5 Å². The molecule has 1 aliphatic heterocycles. The van der Waals surface area contributed by atoms with Gasteiger partial charge in [0, 0.05) is 68.9 Å². The Bertz CT molecular complexity index is 974. The van der Waals surface area contributed by atoms with Crippen LogP contribution in [0.15, 0.2) is 33.5 Å². The largest absolute Gasteiger partial charge is 0.423 e. The summed E-state index contributed by atoms with van der Waals surface area (Å²) in [5.41, 5.74) is 1.57. The maximum atomic E-state index is 12.0. The Hall–Kier alpha value is -2.71. The van der Waals surface area contributed by atoms with Crippen molar-refractivity contribution in [3.8, 4) is 0 Å². The van der Waals surface area contributed by atoms with E-state index in [0.29, 0.717) is 30.4 Å². The average Bonchev–Trinajstić information content (AvgIpc) is 3.46. The van der Waals surface area contributed by atoms with Crippen molar-refractivity contribution in [1.82, 2.24) is 15.1 Å². The molecule has 2 amide bonds. The maximum Gasteiger partial charge on any atom is 0.336 e. The molecule has 2 heterocycles. The quantitative estimate of drug-likeness (QED) is 0.709. The van der Waals surface area contributed by atoms with Gasteiger partial charge in [0.25, 0.3) is 0 Å². The van der Waals surface area contributed by atoms with Gasteiger partial charge in [-0.15, -0.1) is 0 Å². The Morgan fingerprint density at radius 2 is 1.83 bits per heavy atom. The van der Waals surface area contributed by atoms with E-state index >= 15 is 0 Å². The Kier molecular flexibility index (Phi) is 5.64. The fourth-order valence-electron chi connectivity index (χ4n) is 3.69. The summed E-state index contributed by atoms with van der Waals surface area (Å²) in [5.74, 6) is -0.0610. The van der Waals surface area contributed by atoms with E-state index in [2.05, 4.69) is 20.4 Å². The van der Waals surface area contributed by atoms with Gasteiger partial charge in [-0.25, -0.2) is 4.79 Å². The van der Waals surface area contributed by atoms with Crippen LogP contribution in [-0.2, 0) is 16.1 Å². The summed E-state index contributed by atoms with van der Waals surface area (Å²) in [6.07, 6.45) is 2.20. The Morgan fingerprint density at radius 1 is 1.10 bits per heavy atom. The molecule has 2 aliphatic rings. The SMILES string of the molecule is CC(=O)Nc1ccc2c(CN3CCN(CC(=O)NC4CC4)CC3)cc(=O)oc2c1. The van der Waals surface area contributed by atoms with Crippen molar-refractivity contribution in [2.75, 3.05) is 38.0 Å². The van der Waals surface area contributed by atoms with Gasteiger partial charge in [0.05, 0.1) is 6.54 Å². The zero-order chi connectivity index (χ0) is 20.4. The van der Waals surface area contributed by atoms with Gasteiger partial charge in [0.1, 0.15) is 5.58 Å². The molecular weight excluding hydrogens is 372 g/mol. The lowest BCUT2D eigenvalue weighted by molar-refractivity contribution is -0.122. The summed E-state index contributed by atoms with van der Waals surface area (Å²) in [5, 5.41) is 6.60. The van der Waals surface area contributed by atoms with E-state index in [0.717, 1.165) is 50.0 Å². The zero-order valence-corrected chi connectivity index (χ0v) is 16.6. The van der Waals surface area contributed by atoms with E-state index in [1.807, 2.05) is 12.1 Å². The molecule has 0 radical (unpaired) electrons. The van der Waals surface area contributed by atoms with Crippen LogP contribution < -0.4 is 16.3 Å². The number of amides is 2. The van der Waals surface area contributed by atoms with Crippen LogP contribution in [0.1, 0.15) is 25.3 Å². The number of nitrogens with one attached hydrogen (secondary N) is 2. The number of carbonyl (C=O) groups is 2. The van der Waals surface area contributed by atoms with Crippen molar-refractivity contribution in [3.05, 3.63) is 40.2 Å². The highest BCUT2D eigenvalue weighted by Gasteiger charge is 2.25. The molecule has 1 saturated heterocycles. The second kappa shape index (κ2) is 8.34. The minimum atomic E-state index is -0.400. The molecule has 1 aromatic carbocycles. The third-order valence-corrected chi connectivity index (χ3v) is 5.32. The Balaban J connectivity index is 1.39. The summed E-state index contributed by atoms with van der Waals surface area (Å²) in [6, 6.07) is 7.29. The molecule has 2 fully saturated rings. The number of hydrogen-bond donors (Lipinski definition) is 2. The van der Waals surface area contributed by atoms with Crippen LogP contribution in [0.4, 0.5) is 5.69 Å². The van der Waals surface area contributed by atoms with Gasteiger partial charge in [-0.1, -0.05) is 0 Å². The lowest BCUT2D eigenvalue weighted by Crippen LogP contribution is -2.49.